The lowest BCUT2D eigenvalue weighted by molar-refractivity contribution is 0.627. The van der Waals surface area contributed by atoms with E-state index in [-0.39, 0.29) is 22.6 Å². The molecule has 136 valence electrons. The van der Waals surface area contributed by atoms with Gasteiger partial charge in [-0.05, 0) is 42.7 Å². The molecule has 0 fully saturated rings. The highest BCUT2D eigenvalue weighted by Crippen LogP contribution is 2.26. The van der Waals surface area contributed by atoms with E-state index in [9.17, 15) is 9.18 Å². The van der Waals surface area contributed by atoms with Gasteiger partial charge in [0.05, 0.1) is 5.69 Å². The number of hydrogen-bond acceptors (Lipinski definition) is 5. The monoisotopic (exact) mass is 381 g/mol. The lowest BCUT2D eigenvalue weighted by Crippen LogP contribution is -2.22. The van der Waals surface area contributed by atoms with Crippen molar-refractivity contribution in [2.24, 2.45) is 7.05 Å². The molecule has 0 aliphatic carbocycles. The van der Waals surface area contributed by atoms with Gasteiger partial charge in [-0.15, -0.1) is 11.8 Å². The number of benzene rings is 2. The summed E-state index contributed by atoms with van der Waals surface area (Å²) in [5.74, 6) is 0.174. The Morgan fingerprint density at radius 3 is 2.37 bits per heavy atom. The van der Waals surface area contributed by atoms with Gasteiger partial charge in [-0.25, -0.2) is 14.1 Å². The fraction of sp³-hybridized carbons (Fsp3) is 0.105. The van der Waals surface area contributed by atoms with Crippen molar-refractivity contribution in [2.75, 3.05) is 12.0 Å². The van der Waals surface area contributed by atoms with Crippen LogP contribution in [0.5, 0.6) is 0 Å². The summed E-state index contributed by atoms with van der Waals surface area (Å²) >= 11 is 1.63. The van der Waals surface area contributed by atoms with Crippen LogP contribution in [0, 0.1) is 5.82 Å². The van der Waals surface area contributed by atoms with Crippen molar-refractivity contribution in [1.82, 2.24) is 19.3 Å². The zero-order valence-electron chi connectivity index (χ0n) is 14.7. The van der Waals surface area contributed by atoms with Crippen molar-refractivity contribution in [3.05, 3.63) is 64.7 Å². The molecule has 2 heterocycles. The number of fused-ring (bicyclic) bond motifs is 1. The Hall–Kier alpha value is -3.13. The highest BCUT2D eigenvalue weighted by atomic mass is 32.2. The van der Waals surface area contributed by atoms with Crippen LogP contribution in [0.4, 0.5) is 10.2 Å². The number of rotatable bonds is 3. The topological polar surface area (TPSA) is 78.7 Å². The predicted octanol–water partition coefficient (Wildman–Crippen LogP) is 3.23. The number of nitrogen functional groups attached to an aromatic ring is 1. The molecule has 0 radical (unpaired) electrons. The zero-order valence-corrected chi connectivity index (χ0v) is 15.5. The summed E-state index contributed by atoms with van der Waals surface area (Å²) in [4.78, 5) is 19.0. The standard InChI is InChI=1S/C19H16FN5OS/c1-24-18-15(16(21)23-24)19(26)25(13-7-5-12(20)6-8-13)17(22-18)11-3-9-14(27-2)10-4-11/h3-10H,1-2H3,(H2,21,23). The van der Waals surface area contributed by atoms with Gasteiger partial charge in [0.15, 0.2) is 11.5 Å². The fourth-order valence-corrected chi connectivity index (χ4v) is 3.40. The first-order chi connectivity index (χ1) is 13.0. The fourth-order valence-electron chi connectivity index (χ4n) is 2.99. The number of nitrogens with two attached hydrogens (primary N) is 1. The zero-order chi connectivity index (χ0) is 19.1. The van der Waals surface area contributed by atoms with E-state index >= 15 is 0 Å². The maximum atomic E-state index is 13.4. The molecule has 0 atom stereocenters. The average Bonchev–Trinajstić information content (AvgIpc) is 2.96. The highest BCUT2D eigenvalue weighted by Gasteiger charge is 2.19. The van der Waals surface area contributed by atoms with E-state index < -0.39 is 0 Å². The molecule has 0 saturated heterocycles. The molecule has 0 spiro atoms. The van der Waals surface area contributed by atoms with E-state index in [1.165, 1.54) is 33.5 Å². The van der Waals surface area contributed by atoms with Crippen LogP contribution in [-0.2, 0) is 7.05 Å². The Morgan fingerprint density at radius 1 is 1.07 bits per heavy atom. The first-order valence-corrected chi connectivity index (χ1v) is 9.37. The Bertz CT molecular complexity index is 1200. The number of hydrogen-bond donors (Lipinski definition) is 1. The third-order valence-electron chi connectivity index (χ3n) is 4.32. The van der Waals surface area contributed by atoms with Gasteiger partial charge in [0, 0.05) is 17.5 Å². The normalized spacial score (nSPS) is 11.2. The Labute approximate surface area is 158 Å². The minimum atomic E-state index is -0.382. The molecule has 8 heteroatoms. The molecule has 0 saturated carbocycles. The van der Waals surface area contributed by atoms with Crippen molar-refractivity contribution >= 4 is 28.6 Å². The molecule has 4 aromatic rings. The van der Waals surface area contributed by atoms with Crippen LogP contribution in [0.25, 0.3) is 28.1 Å². The van der Waals surface area contributed by atoms with Gasteiger partial charge in [0.1, 0.15) is 17.0 Å². The number of aryl methyl sites for hydroxylation is 1. The SMILES string of the molecule is CSc1ccc(-c2nc3c(c(N)nn3C)c(=O)n2-c2ccc(F)cc2)cc1. The van der Waals surface area contributed by atoms with Crippen molar-refractivity contribution in [1.29, 1.82) is 0 Å². The van der Waals surface area contributed by atoms with Gasteiger partial charge in [0.25, 0.3) is 5.56 Å². The van der Waals surface area contributed by atoms with E-state index in [2.05, 4.69) is 10.1 Å². The first-order valence-electron chi connectivity index (χ1n) is 8.15. The molecular formula is C19H16FN5OS. The molecule has 0 amide bonds. The second-order valence-corrected chi connectivity index (χ2v) is 6.87. The molecule has 2 N–H and O–H groups in total. The summed E-state index contributed by atoms with van der Waals surface area (Å²) in [6.07, 6.45) is 1.99. The third kappa shape index (κ3) is 2.87. The number of halogens is 1. The molecule has 2 aromatic heterocycles. The Morgan fingerprint density at radius 2 is 1.74 bits per heavy atom. The van der Waals surface area contributed by atoms with Gasteiger partial charge in [-0.3, -0.25) is 9.36 Å². The quantitative estimate of drug-likeness (QED) is 0.551. The van der Waals surface area contributed by atoms with E-state index in [1.54, 1.807) is 18.8 Å². The largest absolute Gasteiger partial charge is 0.381 e. The summed E-state index contributed by atoms with van der Waals surface area (Å²) < 4.78 is 16.3. The smallest absolute Gasteiger partial charge is 0.271 e. The van der Waals surface area contributed by atoms with Gasteiger partial charge in [-0.2, -0.15) is 5.10 Å². The molecular weight excluding hydrogens is 365 g/mol. The molecule has 2 aromatic carbocycles. The minimum Gasteiger partial charge on any atom is -0.381 e. The second kappa shape index (κ2) is 6.55. The molecule has 0 aliphatic heterocycles. The number of thioether (sulfide) groups is 1. The average molecular weight is 381 g/mol. The summed E-state index contributed by atoms with van der Waals surface area (Å²) in [7, 11) is 1.69. The van der Waals surface area contributed by atoms with E-state index in [1.807, 2.05) is 30.5 Å². The Balaban J connectivity index is 2.08. The van der Waals surface area contributed by atoms with E-state index in [0.29, 0.717) is 17.2 Å². The van der Waals surface area contributed by atoms with Crippen LogP contribution in [0.15, 0.2) is 58.2 Å². The van der Waals surface area contributed by atoms with Gasteiger partial charge >= 0.3 is 0 Å². The lowest BCUT2D eigenvalue weighted by atomic mass is 10.2. The number of aromatic nitrogens is 4. The van der Waals surface area contributed by atoms with Crippen LogP contribution in [0.3, 0.4) is 0 Å². The Kier molecular flexibility index (Phi) is 4.19. The van der Waals surface area contributed by atoms with Crippen LogP contribution in [0.1, 0.15) is 0 Å². The van der Waals surface area contributed by atoms with Crippen LogP contribution in [0.2, 0.25) is 0 Å². The van der Waals surface area contributed by atoms with Crippen molar-refractivity contribution < 1.29 is 4.39 Å². The molecule has 4 rings (SSSR count). The predicted molar refractivity (Wildman–Crippen MR) is 106 cm³/mol. The molecule has 0 unspecified atom stereocenters. The molecule has 27 heavy (non-hydrogen) atoms. The summed E-state index contributed by atoms with van der Waals surface area (Å²) in [5.41, 5.74) is 7.25. The van der Waals surface area contributed by atoms with Crippen molar-refractivity contribution in [3.8, 4) is 17.1 Å². The maximum Gasteiger partial charge on any atom is 0.271 e. The van der Waals surface area contributed by atoms with Crippen molar-refractivity contribution in [3.63, 3.8) is 0 Å². The first kappa shape index (κ1) is 17.3. The summed E-state index contributed by atoms with van der Waals surface area (Å²) in [6, 6.07) is 13.4. The van der Waals surface area contributed by atoms with E-state index in [4.69, 9.17) is 5.73 Å². The molecule has 0 bridgehead atoms. The summed E-state index contributed by atoms with van der Waals surface area (Å²) in [6.45, 7) is 0. The van der Waals surface area contributed by atoms with Crippen LogP contribution in [-0.4, -0.2) is 25.6 Å². The van der Waals surface area contributed by atoms with Crippen molar-refractivity contribution in [2.45, 2.75) is 4.90 Å². The third-order valence-corrected chi connectivity index (χ3v) is 5.06. The lowest BCUT2D eigenvalue weighted by Gasteiger charge is -2.13. The highest BCUT2D eigenvalue weighted by molar-refractivity contribution is 7.98. The van der Waals surface area contributed by atoms with Gasteiger partial charge in [0.2, 0.25) is 0 Å². The van der Waals surface area contributed by atoms with Gasteiger partial charge in [-0.1, -0.05) is 12.1 Å². The number of anilines is 1. The van der Waals surface area contributed by atoms with E-state index in [0.717, 1.165) is 10.5 Å². The van der Waals surface area contributed by atoms with Gasteiger partial charge < -0.3 is 5.73 Å². The molecule has 0 aliphatic rings. The summed E-state index contributed by atoms with van der Waals surface area (Å²) in [5, 5.41) is 4.36. The maximum absolute atomic E-state index is 13.4. The number of nitrogens with zero attached hydrogens (tertiary/aromatic N) is 4. The molecule has 6 nitrogen and oxygen atoms in total. The van der Waals surface area contributed by atoms with Crippen LogP contribution >= 0.6 is 11.8 Å². The van der Waals surface area contributed by atoms with Crippen LogP contribution < -0.4 is 11.3 Å². The second-order valence-electron chi connectivity index (χ2n) is 5.99. The minimum absolute atomic E-state index is 0.116.